The second-order valence-electron chi connectivity index (χ2n) is 2.74. The first kappa shape index (κ1) is 10.7. The van der Waals surface area contributed by atoms with E-state index in [-0.39, 0.29) is 17.9 Å². The summed E-state index contributed by atoms with van der Waals surface area (Å²) in [7, 11) is 2.87. The van der Waals surface area contributed by atoms with Crippen LogP contribution in [0.25, 0.3) is 0 Å². The Labute approximate surface area is 81.4 Å². The molecule has 0 fully saturated rings. The molecule has 3 nitrogen and oxygen atoms in total. The number of hydrogen-bond donors (Lipinski definition) is 0. The van der Waals surface area contributed by atoms with E-state index in [9.17, 15) is 9.18 Å². The van der Waals surface area contributed by atoms with E-state index in [1.165, 1.54) is 20.3 Å². The Bertz CT molecular complexity index is 336. The molecule has 0 aromatic heterocycles. The zero-order valence-corrected chi connectivity index (χ0v) is 8.04. The maximum atomic E-state index is 13.1. The number of halogens is 1. The molecule has 1 aromatic carbocycles. The number of carbonyl (C=O) groups excluding carboxylic acids is 1. The van der Waals surface area contributed by atoms with E-state index < -0.39 is 5.82 Å². The van der Waals surface area contributed by atoms with Crippen LogP contribution in [0.3, 0.4) is 0 Å². The molecule has 0 N–H and O–H groups in total. The lowest BCUT2D eigenvalue weighted by molar-refractivity contribution is 0.111. The van der Waals surface area contributed by atoms with E-state index in [4.69, 9.17) is 9.47 Å². The lowest BCUT2D eigenvalue weighted by atomic mass is 10.1. The molecule has 0 amide bonds. The second-order valence-corrected chi connectivity index (χ2v) is 2.74. The summed E-state index contributed by atoms with van der Waals surface area (Å²) in [6, 6.07) is 2.60. The van der Waals surface area contributed by atoms with Gasteiger partial charge in [-0.25, -0.2) is 4.39 Å². The van der Waals surface area contributed by atoms with Crippen LogP contribution in [0, 0.1) is 5.82 Å². The van der Waals surface area contributed by atoms with Crippen molar-refractivity contribution >= 4 is 6.29 Å². The lowest BCUT2D eigenvalue weighted by Crippen LogP contribution is -1.98. The Hall–Kier alpha value is -1.42. The highest BCUT2D eigenvalue weighted by Crippen LogP contribution is 2.21. The van der Waals surface area contributed by atoms with Crippen LogP contribution in [0.2, 0.25) is 0 Å². The topological polar surface area (TPSA) is 35.5 Å². The van der Waals surface area contributed by atoms with Gasteiger partial charge in [0.25, 0.3) is 0 Å². The quantitative estimate of drug-likeness (QED) is 0.692. The average Bonchev–Trinajstić information content (AvgIpc) is 2.20. The predicted octanol–water partition coefficient (Wildman–Crippen LogP) is 1.79. The zero-order valence-electron chi connectivity index (χ0n) is 8.04. The van der Waals surface area contributed by atoms with E-state index >= 15 is 0 Å². The summed E-state index contributed by atoms with van der Waals surface area (Å²) in [6.07, 6.45) is 0.594. The largest absolute Gasteiger partial charge is 0.494 e. The van der Waals surface area contributed by atoms with Gasteiger partial charge in [0, 0.05) is 12.7 Å². The molecule has 1 rings (SSSR count). The van der Waals surface area contributed by atoms with Crippen molar-refractivity contribution in [1.82, 2.24) is 0 Å². The van der Waals surface area contributed by atoms with Gasteiger partial charge in [-0.15, -0.1) is 0 Å². The first-order valence-corrected chi connectivity index (χ1v) is 4.03. The molecular weight excluding hydrogens is 187 g/mol. The summed E-state index contributed by atoms with van der Waals surface area (Å²) in [4.78, 5) is 10.6. The molecule has 0 heterocycles. The molecule has 0 saturated carbocycles. The monoisotopic (exact) mass is 198 g/mol. The molecule has 0 saturated heterocycles. The van der Waals surface area contributed by atoms with E-state index in [1.807, 2.05) is 0 Å². The van der Waals surface area contributed by atoms with E-state index in [2.05, 4.69) is 0 Å². The second kappa shape index (κ2) is 4.72. The fourth-order valence-corrected chi connectivity index (χ4v) is 1.16. The molecule has 0 aliphatic heterocycles. The zero-order chi connectivity index (χ0) is 10.6. The SMILES string of the molecule is COCc1cc(OC)c(F)cc1C=O. The van der Waals surface area contributed by atoms with E-state index in [0.29, 0.717) is 11.8 Å². The number of hydrogen-bond acceptors (Lipinski definition) is 3. The van der Waals surface area contributed by atoms with Crippen molar-refractivity contribution in [2.45, 2.75) is 6.61 Å². The molecule has 1 aromatic rings. The van der Waals surface area contributed by atoms with Crippen LogP contribution in [0.4, 0.5) is 4.39 Å². The third-order valence-electron chi connectivity index (χ3n) is 1.84. The van der Waals surface area contributed by atoms with Crippen LogP contribution >= 0.6 is 0 Å². The molecule has 0 aliphatic carbocycles. The number of ether oxygens (including phenoxy) is 2. The van der Waals surface area contributed by atoms with E-state index in [1.54, 1.807) is 0 Å². The highest BCUT2D eigenvalue weighted by Gasteiger charge is 2.09. The van der Waals surface area contributed by atoms with Gasteiger partial charge in [-0.2, -0.15) is 0 Å². The van der Waals surface area contributed by atoms with Crippen molar-refractivity contribution in [3.05, 3.63) is 29.1 Å². The minimum atomic E-state index is -0.547. The minimum Gasteiger partial charge on any atom is -0.494 e. The number of rotatable bonds is 4. The third kappa shape index (κ3) is 2.09. The minimum absolute atomic E-state index is 0.114. The summed E-state index contributed by atoms with van der Waals surface area (Å²) in [6.45, 7) is 0.255. The van der Waals surface area contributed by atoms with Gasteiger partial charge >= 0.3 is 0 Å². The molecule has 14 heavy (non-hydrogen) atoms. The smallest absolute Gasteiger partial charge is 0.165 e. The Morgan fingerprint density at radius 3 is 2.64 bits per heavy atom. The molecule has 4 heteroatoms. The molecule has 0 radical (unpaired) electrons. The van der Waals surface area contributed by atoms with Crippen molar-refractivity contribution in [2.75, 3.05) is 14.2 Å². The van der Waals surface area contributed by atoms with Gasteiger partial charge in [-0.1, -0.05) is 0 Å². The fraction of sp³-hybridized carbons (Fsp3) is 0.300. The maximum Gasteiger partial charge on any atom is 0.165 e. The van der Waals surface area contributed by atoms with Gasteiger partial charge in [-0.3, -0.25) is 4.79 Å². The highest BCUT2D eigenvalue weighted by atomic mass is 19.1. The van der Waals surface area contributed by atoms with Crippen LogP contribution in [0.5, 0.6) is 5.75 Å². The number of methoxy groups -OCH3 is 2. The summed E-state index contributed by atoms with van der Waals surface area (Å²) >= 11 is 0. The standard InChI is InChI=1S/C10H11FO3/c1-13-6-8-4-10(14-2)9(11)3-7(8)5-12/h3-5H,6H2,1-2H3. The van der Waals surface area contributed by atoms with Gasteiger partial charge in [0.1, 0.15) is 0 Å². The number of aldehydes is 1. The first-order valence-electron chi connectivity index (χ1n) is 4.03. The van der Waals surface area contributed by atoms with Gasteiger partial charge in [0.15, 0.2) is 17.9 Å². The summed E-state index contributed by atoms with van der Waals surface area (Å²) in [5.74, 6) is -0.433. The predicted molar refractivity (Wildman–Crippen MR) is 49.1 cm³/mol. The highest BCUT2D eigenvalue weighted by molar-refractivity contribution is 5.77. The van der Waals surface area contributed by atoms with Crippen LogP contribution in [0.1, 0.15) is 15.9 Å². The van der Waals surface area contributed by atoms with Gasteiger partial charge in [0.2, 0.25) is 0 Å². The molecule has 0 atom stereocenters. The molecule has 0 bridgehead atoms. The lowest BCUT2D eigenvalue weighted by Gasteiger charge is -2.07. The molecular formula is C10H11FO3. The van der Waals surface area contributed by atoms with Crippen molar-refractivity contribution in [2.24, 2.45) is 0 Å². The van der Waals surface area contributed by atoms with Crippen molar-refractivity contribution < 1.29 is 18.7 Å². The van der Waals surface area contributed by atoms with Crippen molar-refractivity contribution in [3.8, 4) is 5.75 Å². The molecule has 0 unspecified atom stereocenters. The Kier molecular flexibility index (Phi) is 3.59. The third-order valence-corrected chi connectivity index (χ3v) is 1.84. The fourth-order valence-electron chi connectivity index (χ4n) is 1.16. The normalized spacial score (nSPS) is 9.93. The molecule has 0 aliphatic rings. The Balaban J connectivity index is 3.17. The van der Waals surface area contributed by atoms with Crippen molar-refractivity contribution in [3.63, 3.8) is 0 Å². The first-order chi connectivity index (χ1) is 6.72. The Morgan fingerprint density at radius 1 is 1.43 bits per heavy atom. The van der Waals surface area contributed by atoms with Gasteiger partial charge in [-0.05, 0) is 17.7 Å². The number of benzene rings is 1. The summed E-state index contributed by atoms with van der Waals surface area (Å²) in [5.41, 5.74) is 0.894. The summed E-state index contributed by atoms with van der Waals surface area (Å²) < 4.78 is 22.8. The van der Waals surface area contributed by atoms with Crippen LogP contribution in [0.15, 0.2) is 12.1 Å². The van der Waals surface area contributed by atoms with Crippen LogP contribution in [-0.2, 0) is 11.3 Å². The summed E-state index contributed by atoms with van der Waals surface area (Å²) in [5, 5.41) is 0. The van der Waals surface area contributed by atoms with Crippen molar-refractivity contribution in [1.29, 1.82) is 0 Å². The Morgan fingerprint density at radius 2 is 2.14 bits per heavy atom. The van der Waals surface area contributed by atoms with Crippen LogP contribution < -0.4 is 4.74 Å². The average molecular weight is 198 g/mol. The molecule has 76 valence electrons. The van der Waals surface area contributed by atoms with Gasteiger partial charge < -0.3 is 9.47 Å². The van der Waals surface area contributed by atoms with Crippen LogP contribution in [-0.4, -0.2) is 20.5 Å². The maximum absolute atomic E-state index is 13.1. The van der Waals surface area contributed by atoms with Gasteiger partial charge in [0.05, 0.1) is 13.7 Å². The van der Waals surface area contributed by atoms with E-state index in [0.717, 1.165) is 6.07 Å². The molecule has 0 spiro atoms. The number of carbonyl (C=O) groups is 1.